The van der Waals surface area contributed by atoms with E-state index in [0.29, 0.717) is 17.3 Å². The largest absolute Gasteiger partial charge is 0.399 e. The van der Waals surface area contributed by atoms with Gasteiger partial charge < -0.3 is 10.6 Å². The van der Waals surface area contributed by atoms with Crippen molar-refractivity contribution in [1.82, 2.24) is 0 Å². The molecule has 0 saturated carbocycles. The van der Waals surface area contributed by atoms with Gasteiger partial charge in [0.05, 0.1) is 11.3 Å². The summed E-state index contributed by atoms with van der Waals surface area (Å²) in [5.74, 6) is 1.06. The molecule has 4 heteroatoms. The van der Waals surface area contributed by atoms with Crippen LogP contribution >= 0.6 is 11.8 Å². The lowest BCUT2D eigenvalue weighted by atomic mass is 10.1. The van der Waals surface area contributed by atoms with Crippen molar-refractivity contribution in [3.05, 3.63) is 23.8 Å². The first-order chi connectivity index (χ1) is 8.13. The van der Waals surface area contributed by atoms with Gasteiger partial charge in [-0.05, 0) is 30.9 Å². The Morgan fingerprint density at radius 2 is 2.24 bits per heavy atom. The van der Waals surface area contributed by atoms with E-state index in [1.54, 1.807) is 6.07 Å². The van der Waals surface area contributed by atoms with E-state index in [9.17, 15) is 0 Å². The summed E-state index contributed by atoms with van der Waals surface area (Å²) in [6.45, 7) is 2.17. The Kier molecular flexibility index (Phi) is 5.17. The van der Waals surface area contributed by atoms with Gasteiger partial charge >= 0.3 is 0 Å². The smallest absolute Gasteiger partial charge is 0.101 e. The van der Waals surface area contributed by atoms with Crippen LogP contribution in [0.5, 0.6) is 0 Å². The van der Waals surface area contributed by atoms with E-state index < -0.39 is 0 Å². The zero-order chi connectivity index (χ0) is 12.8. The molecular formula is C13H19N3S. The predicted octanol–water partition coefficient (Wildman–Crippen LogP) is 2.72. The number of rotatable bonds is 5. The Morgan fingerprint density at radius 1 is 1.53 bits per heavy atom. The lowest BCUT2D eigenvalue weighted by Gasteiger charge is -2.29. The van der Waals surface area contributed by atoms with Crippen LogP contribution in [0.4, 0.5) is 11.4 Å². The molecule has 1 rings (SSSR count). The lowest BCUT2D eigenvalue weighted by molar-refractivity contribution is 0.673. The topological polar surface area (TPSA) is 53.0 Å². The molecule has 0 radical (unpaired) electrons. The number of benzene rings is 1. The minimum absolute atomic E-state index is 0.445. The molecule has 0 aliphatic rings. The van der Waals surface area contributed by atoms with Crippen molar-refractivity contribution in [2.75, 3.05) is 29.7 Å². The molecule has 0 bridgehead atoms. The lowest BCUT2D eigenvalue weighted by Crippen LogP contribution is -2.33. The highest BCUT2D eigenvalue weighted by Gasteiger charge is 2.15. The highest BCUT2D eigenvalue weighted by molar-refractivity contribution is 7.98. The molecule has 0 saturated heterocycles. The molecular weight excluding hydrogens is 230 g/mol. The van der Waals surface area contributed by atoms with Crippen molar-refractivity contribution < 1.29 is 0 Å². The van der Waals surface area contributed by atoms with E-state index in [0.717, 1.165) is 17.9 Å². The third-order valence-electron chi connectivity index (χ3n) is 2.90. The summed E-state index contributed by atoms with van der Waals surface area (Å²) in [5.41, 5.74) is 7.94. The Balaban J connectivity index is 3.02. The normalized spacial score (nSPS) is 11.9. The van der Waals surface area contributed by atoms with Crippen molar-refractivity contribution >= 4 is 23.1 Å². The summed E-state index contributed by atoms with van der Waals surface area (Å²) >= 11 is 1.82. The number of hydrogen-bond acceptors (Lipinski definition) is 4. The van der Waals surface area contributed by atoms with E-state index >= 15 is 0 Å². The summed E-state index contributed by atoms with van der Waals surface area (Å²) in [5, 5.41) is 9.14. The second kappa shape index (κ2) is 6.41. The highest BCUT2D eigenvalue weighted by Crippen LogP contribution is 2.24. The third kappa shape index (κ3) is 3.31. The van der Waals surface area contributed by atoms with Crippen LogP contribution in [0.25, 0.3) is 0 Å². The van der Waals surface area contributed by atoms with Crippen LogP contribution < -0.4 is 10.6 Å². The fraction of sp³-hybridized carbons (Fsp3) is 0.462. The molecule has 92 valence electrons. The van der Waals surface area contributed by atoms with Gasteiger partial charge in [-0.1, -0.05) is 6.92 Å². The minimum Gasteiger partial charge on any atom is -0.399 e. The number of nitriles is 1. The predicted molar refractivity (Wildman–Crippen MR) is 76.4 cm³/mol. The van der Waals surface area contributed by atoms with E-state index in [-0.39, 0.29) is 0 Å². The monoisotopic (exact) mass is 249 g/mol. The molecule has 0 fully saturated rings. The van der Waals surface area contributed by atoms with Crippen LogP contribution in [0.3, 0.4) is 0 Å². The number of nitrogens with zero attached hydrogens (tertiary/aromatic N) is 2. The maximum absolute atomic E-state index is 9.14. The molecule has 1 unspecified atom stereocenters. The van der Waals surface area contributed by atoms with E-state index in [1.807, 2.05) is 30.9 Å². The van der Waals surface area contributed by atoms with Gasteiger partial charge in [0.15, 0.2) is 0 Å². The summed E-state index contributed by atoms with van der Waals surface area (Å²) in [6.07, 6.45) is 3.16. The number of nitrogens with two attached hydrogens (primary N) is 1. The SMILES string of the molecule is CCC(CSC)N(C)c1ccc(N)cc1C#N. The first kappa shape index (κ1) is 13.7. The van der Waals surface area contributed by atoms with Crippen molar-refractivity contribution in [3.8, 4) is 6.07 Å². The second-order valence-electron chi connectivity index (χ2n) is 4.02. The Hall–Kier alpha value is -1.34. The average molecular weight is 249 g/mol. The van der Waals surface area contributed by atoms with Crippen molar-refractivity contribution in [1.29, 1.82) is 5.26 Å². The molecule has 1 atom stereocenters. The number of thioether (sulfide) groups is 1. The van der Waals surface area contributed by atoms with Gasteiger partial charge in [0, 0.05) is 24.5 Å². The minimum atomic E-state index is 0.445. The molecule has 2 N–H and O–H groups in total. The van der Waals surface area contributed by atoms with Crippen molar-refractivity contribution in [2.24, 2.45) is 0 Å². The molecule has 0 spiro atoms. The van der Waals surface area contributed by atoms with Crippen LogP contribution in [0.1, 0.15) is 18.9 Å². The summed E-state index contributed by atoms with van der Waals surface area (Å²) < 4.78 is 0. The number of nitrogen functional groups attached to an aromatic ring is 1. The summed E-state index contributed by atoms with van der Waals surface area (Å²) in [4.78, 5) is 2.18. The van der Waals surface area contributed by atoms with E-state index in [1.165, 1.54) is 0 Å². The van der Waals surface area contributed by atoms with Gasteiger partial charge in [-0.25, -0.2) is 0 Å². The van der Waals surface area contributed by atoms with Gasteiger partial charge in [0.2, 0.25) is 0 Å². The molecule has 1 aromatic carbocycles. The van der Waals surface area contributed by atoms with Crippen LogP contribution in [0.15, 0.2) is 18.2 Å². The fourth-order valence-electron chi connectivity index (χ4n) is 1.84. The maximum atomic E-state index is 9.14. The quantitative estimate of drug-likeness (QED) is 0.815. The van der Waals surface area contributed by atoms with Crippen molar-refractivity contribution in [2.45, 2.75) is 19.4 Å². The molecule has 0 aromatic heterocycles. The fourth-order valence-corrected chi connectivity index (χ4v) is 2.69. The van der Waals surface area contributed by atoms with Gasteiger partial charge in [-0.2, -0.15) is 17.0 Å². The van der Waals surface area contributed by atoms with Crippen LogP contribution in [0.2, 0.25) is 0 Å². The van der Waals surface area contributed by atoms with Gasteiger partial charge in [-0.3, -0.25) is 0 Å². The van der Waals surface area contributed by atoms with Gasteiger partial charge in [0.25, 0.3) is 0 Å². The zero-order valence-corrected chi connectivity index (χ0v) is 11.4. The Morgan fingerprint density at radius 3 is 2.76 bits per heavy atom. The Bertz CT molecular complexity index is 412. The first-order valence-electron chi connectivity index (χ1n) is 5.65. The zero-order valence-electron chi connectivity index (χ0n) is 10.6. The highest BCUT2D eigenvalue weighted by atomic mass is 32.2. The van der Waals surface area contributed by atoms with Crippen LogP contribution in [-0.4, -0.2) is 25.1 Å². The third-order valence-corrected chi connectivity index (χ3v) is 3.62. The maximum Gasteiger partial charge on any atom is 0.101 e. The molecule has 1 aromatic rings. The molecule has 0 aliphatic carbocycles. The van der Waals surface area contributed by atoms with Gasteiger partial charge in [0.1, 0.15) is 6.07 Å². The number of anilines is 2. The molecule has 0 amide bonds. The summed E-state index contributed by atoms with van der Waals surface area (Å²) in [7, 11) is 2.04. The standard InChI is InChI=1S/C13H19N3S/c1-4-12(9-17-3)16(2)13-6-5-11(15)7-10(13)8-14/h5-7,12H,4,9,15H2,1-3H3. The first-order valence-corrected chi connectivity index (χ1v) is 7.04. The molecule has 0 heterocycles. The van der Waals surface area contributed by atoms with E-state index in [4.69, 9.17) is 11.0 Å². The van der Waals surface area contributed by atoms with E-state index in [2.05, 4.69) is 24.1 Å². The van der Waals surface area contributed by atoms with Crippen LogP contribution in [0, 0.1) is 11.3 Å². The Labute approximate surface area is 108 Å². The molecule has 3 nitrogen and oxygen atoms in total. The second-order valence-corrected chi connectivity index (χ2v) is 4.93. The van der Waals surface area contributed by atoms with Crippen LogP contribution in [-0.2, 0) is 0 Å². The van der Waals surface area contributed by atoms with Gasteiger partial charge in [-0.15, -0.1) is 0 Å². The molecule has 0 aliphatic heterocycles. The van der Waals surface area contributed by atoms with Crippen molar-refractivity contribution in [3.63, 3.8) is 0 Å². The number of hydrogen-bond donors (Lipinski definition) is 1. The summed E-state index contributed by atoms with van der Waals surface area (Å²) in [6, 6.07) is 8.16. The molecule has 17 heavy (non-hydrogen) atoms. The average Bonchev–Trinajstić information content (AvgIpc) is 2.34.